The fraction of sp³-hybridized carbons (Fsp3) is 0.357. The van der Waals surface area contributed by atoms with Gasteiger partial charge in [-0.05, 0) is 77.4 Å². The van der Waals surface area contributed by atoms with E-state index in [4.69, 9.17) is 13.6 Å². The summed E-state index contributed by atoms with van der Waals surface area (Å²) in [6, 6.07) is 32.1. The molecule has 0 spiro atoms. The van der Waals surface area contributed by atoms with E-state index in [9.17, 15) is 5.26 Å². The molecule has 0 N–H and O–H groups in total. The van der Waals surface area contributed by atoms with Gasteiger partial charge in [-0.1, -0.05) is 101 Å². The van der Waals surface area contributed by atoms with Crippen molar-refractivity contribution >= 4 is 41.4 Å². The van der Waals surface area contributed by atoms with Crippen LogP contribution in [0.3, 0.4) is 0 Å². The van der Waals surface area contributed by atoms with Crippen LogP contribution in [0.1, 0.15) is 67.1 Å². The Morgan fingerprint density at radius 2 is 1.52 bits per heavy atom. The van der Waals surface area contributed by atoms with Gasteiger partial charge in [-0.2, -0.15) is 5.26 Å². The molecule has 1 aliphatic rings. The molecule has 1 aliphatic carbocycles. The maximum Gasteiger partial charge on any atom is 0.261 e. The number of nitrogens with zero attached hydrogens (tertiary/aromatic N) is 2. The topological polar surface area (TPSA) is 58.6 Å². The third kappa shape index (κ3) is 7.54. The molecule has 0 unspecified atom stereocenters. The number of hydrogen-bond acceptors (Lipinski definition) is 5. The number of benzene rings is 3. The van der Waals surface area contributed by atoms with E-state index in [2.05, 4.69) is 150 Å². The van der Waals surface area contributed by atoms with Crippen LogP contribution < -0.4 is 15.3 Å². The van der Waals surface area contributed by atoms with Crippen LogP contribution in [0, 0.1) is 16.7 Å². The summed E-state index contributed by atoms with van der Waals surface area (Å²) in [5.41, 5.74) is 4.00. The molecule has 0 fully saturated rings. The minimum absolute atomic E-state index is 0.0207. The van der Waals surface area contributed by atoms with Crippen LogP contribution >= 0.6 is 0 Å². The van der Waals surface area contributed by atoms with Crippen molar-refractivity contribution in [1.29, 1.82) is 5.26 Å². The van der Waals surface area contributed by atoms with Crippen LogP contribution in [0.2, 0.25) is 5.04 Å². The fourth-order valence-corrected chi connectivity index (χ4v) is 11.7. The smallest absolute Gasteiger partial charge is 0.261 e. The third-order valence-corrected chi connectivity index (χ3v) is 14.4. The Hall–Kier alpha value is -4.31. The summed E-state index contributed by atoms with van der Waals surface area (Å²) in [6.45, 7) is 18.4. The van der Waals surface area contributed by atoms with E-state index in [-0.39, 0.29) is 10.5 Å². The average molecular weight is 659 g/mol. The molecule has 0 aliphatic heterocycles. The van der Waals surface area contributed by atoms with Gasteiger partial charge >= 0.3 is 0 Å². The summed E-state index contributed by atoms with van der Waals surface area (Å²) in [5.74, 6) is 1.57. The molecule has 6 heteroatoms. The first kappa shape index (κ1) is 35.0. The molecule has 250 valence electrons. The van der Waals surface area contributed by atoms with Crippen LogP contribution in [0.4, 0.5) is 5.69 Å². The van der Waals surface area contributed by atoms with Gasteiger partial charge in [0.2, 0.25) is 0 Å². The Morgan fingerprint density at radius 3 is 2.10 bits per heavy atom. The van der Waals surface area contributed by atoms with Crippen molar-refractivity contribution in [1.82, 2.24) is 0 Å². The molecule has 0 saturated carbocycles. The second kappa shape index (κ2) is 14.8. The summed E-state index contributed by atoms with van der Waals surface area (Å²) in [6.07, 6.45) is 7.36. The highest BCUT2D eigenvalue weighted by Crippen LogP contribution is 2.43. The van der Waals surface area contributed by atoms with Crippen molar-refractivity contribution in [3.8, 4) is 6.07 Å². The lowest BCUT2D eigenvalue weighted by molar-refractivity contribution is 0.145. The lowest BCUT2D eigenvalue weighted by Crippen LogP contribution is -2.66. The van der Waals surface area contributed by atoms with Gasteiger partial charge in [0.05, 0.1) is 12.7 Å². The number of anilines is 1. The number of allylic oxidation sites excluding steroid dienone is 4. The third-order valence-electron chi connectivity index (χ3n) is 9.33. The summed E-state index contributed by atoms with van der Waals surface area (Å²) < 4.78 is 20.0. The van der Waals surface area contributed by atoms with Gasteiger partial charge in [0.1, 0.15) is 23.7 Å². The van der Waals surface area contributed by atoms with E-state index in [1.807, 2.05) is 6.08 Å². The van der Waals surface area contributed by atoms with E-state index in [0.29, 0.717) is 13.2 Å². The molecular formula is C42H50N2O3Si. The van der Waals surface area contributed by atoms with Gasteiger partial charge in [-0.25, -0.2) is 0 Å². The maximum absolute atomic E-state index is 9.74. The van der Waals surface area contributed by atoms with Gasteiger partial charge in [-0.3, -0.25) is 0 Å². The monoisotopic (exact) mass is 658 g/mol. The summed E-state index contributed by atoms with van der Waals surface area (Å²) in [7, 11) is -2.69. The van der Waals surface area contributed by atoms with E-state index in [1.54, 1.807) is 6.08 Å². The molecule has 1 heterocycles. The number of nitriles is 1. The van der Waals surface area contributed by atoms with Crippen molar-refractivity contribution < 1.29 is 13.6 Å². The van der Waals surface area contributed by atoms with Gasteiger partial charge in [-0.15, -0.1) is 0 Å². The van der Waals surface area contributed by atoms with E-state index in [0.717, 1.165) is 65.3 Å². The lowest BCUT2D eigenvalue weighted by Gasteiger charge is -2.43. The molecule has 0 atom stereocenters. The summed E-state index contributed by atoms with van der Waals surface area (Å²) in [4.78, 5) is 2.32. The first-order chi connectivity index (χ1) is 23.0. The molecule has 5 rings (SSSR count). The Morgan fingerprint density at radius 1 is 0.875 bits per heavy atom. The first-order valence-corrected chi connectivity index (χ1v) is 19.1. The second-order valence-electron chi connectivity index (χ2n) is 14.4. The predicted molar refractivity (Wildman–Crippen MR) is 202 cm³/mol. The zero-order chi connectivity index (χ0) is 34.4. The number of hydrogen-bond donors (Lipinski definition) is 0. The normalized spacial score (nSPS) is 16.1. The molecule has 5 nitrogen and oxygen atoms in total. The fourth-order valence-electron chi connectivity index (χ4n) is 7.17. The van der Waals surface area contributed by atoms with Gasteiger partial charge in [0, 0.05) is 41.9 Å². The van der Waals surface area contributed by atoms with Crippen LogP contribution in [0.25, 0.3) is 17.0 Å². The summed E-state index contributed by atoms with van der Waals surface area (Å²) >= 11 is 0. The molecule has 0 amide bonds. The Kier molecular flexibility index (Phi) is 10.8. The van der Waals surface area contributed by atoms with E-state index >= 15 is 0 Å². The SMILES string of the molecule is CCN(CC)c1ccc2cc(C=CC3=C(OCCO[Si](c4ccccc4)(c4ccccc4)C(C)(C)C)C(=CC#N)CC(C)(C)C3)oc2c1. The quantitative estimate of drug-likeness (QED) is 0.0863. The van der Waals surface area contributed by atoms with Gasteiger partial charge in [0.25, 0.3) is 8.32 Å². The Labute approximate surface area is 288 Å². The average Bonchev–Trinajstić information content (AvgIpc) is 3.48. The van der Waals surface area contributed by atoms with Crippen LogP contribution in [-0.2, 0) is 9.16 Å². The molecule has 1 aromatic heterocycles. The Balaban J connectivity index is 1.44. The zero-order valence-electron chi connectivity index (χ0n) is 29.7. The largest absolute Gasteiger partial charge is 0.491 e. The minimum Gasteiger partial charge on any atom is -0.491 e. The van der Waals surface area contributed by atoms with Crippen LogP contribution in [0.15, 0.2) is 118 Å². The van der Waals surface area contributed by atoms with Crippen LogP contribution in [0.5, 0.6) is 0 Å². The lowest BCUT2D eigenvalue weighted by atomic mass is 9.74. The number of rotatable bonds is 12. The summed E-state index contributed by atoms with van der Waals surface area (Å²) in [5, 5.41) is 13.2. The minimum atomic E-state index is -2.69. The van der Waals surface area contributed by atoms with Crippen molar-refractivity contribution in [2.24, 2.45) is 5.41 Å². The van der Waals surface area contributed by atoms with Crippen molar-refractivity contribution in [2.75, 3.05) is 31.2 Å². The van der Waals surface area contributed by atoms with Crippen molar-refractivity contribution in [3.63, 3.8) is 0 Å². The number of ether oxygens (including phenoxy) is 1. The molecule has 48 heavy (non-hydrogen) atoms. The zero-order valence-corrected chi connectivity index (χ0v) is 30.7. The molecular weight excluding hydrogens is 609 g/mol. The van der Waals surface area contributed by atoms with Gasteiger partial charge in [0.15, 0.2) is 0 Å². The standard InChI is InChI=1S/C42H50N2O3Si/c1-8-44(9-2)35-22-20-32-28-36(47-39(32)29-35)23-21-33-30-42(6,7)31-34(24-25-43)40(33)45-26-27-46-48(41(3,4)5,37-16-12-10-13-17-37)38-18-14-11-15-19-38/h10-24,28-29H,8-9,26-27,30-31H2,1-7H3. The second-order valence-corrected chi connectivity index (χ2v) is 18.7. The van der Waals surface area contributed by atoms with Crippen molar-refractivity contribution in [3.05, 3.63) is 120 Å². The molecule has 0 bridgehead atoms. The Bertz CT molecular complexity index is 1780. The van der Waals surface area contributed by atoms with E-state index < -0.39 is 8.32 Å². The maximum atomic E-state index is 9.74. The predicted octanol–water partition coefficient (Wildman–Crippen LogP) is 9.41. The molecule has 4 aromatic rings. The van der Waals surface area contributed by atoms with Crippen molar-refractivity contribution in [2.45, 2.75) is 66.3 Å². The van der Waals surface area contributed by atoms with Crippen LogP contribution in [-0.4, -0.2) is 34.6 Å². The van der Waals surface area contributed by atoms with Gasteiger partial charge < -0.3 is 18.5 Å². The highest BCUT2D eigenvalue weighted by Gasteiger charge is 2.50. The van der Waals surface area contributed by atoms with E-state index in [1.165, 1.54) is 10.4 Å². The first-order valence-electron chi connectivity index (χ1n) is 17.2. The number of fused-ring (bicyclic) bond motifs is 1. The molecule has 3 aromatic carbocycles. The highest BCUT2D eigenvalue weighted by atomic mass is 28.4. The number of furan rings is 1. The molecule has 0 saturated heterocycles. The highest BCUT2D eigenvalue weighted by molar-refractivity contribution is 6.99. The molecule has 0 radical (unpaired) electrons.